The Bertz CT molecular complexity index is 954. The molecular weight excluding hydrogens is 356 g/mol. The molecule has 138 valence electrons. The molecule has 0 unspecified atom stereocenters. The molecular formula is C22H22N2O2S. The second-order valence-electron chi connectivity index (χ2n) is 6.39. The first-order valence-corrected chi connectivity index (χ1v) is 9.88. The van der Waals surface area contributed by atoms with Crippen molar-refractivity contribution in [2.24, 2.45) is 0 Å². The van der Waals surface area contributed by atoms with Gasteiger partial charge in [0.2, 0.25) is 11.8 Å². The first-order valence-electron chi connectivity index (χ1n) is 8.72. The molecule has 27 heavy (non-hydrogen) atoms. The summed E-state index contributed by atoms with van der Waals surface area (Å²) >= 11 is 1.32. The summed E-state index contributed by atoms with van der Waals surface area (Å²) in [6.45, 7) is 2.00. The van der Waals surface area contributed by atoms with E-state index in [-0.39, 0.29) is 23.3 Å². The summed E-state index contributed by atoms with van der Waals surface area (Å²) in [5.74, 6) is 0.360. The first kappa shape index (κ1) is 19.0. The van der Waals surface area contributed by atoms with Crippen LogP contribution >= 0.6 is 11.8 Å². The Hall–Kier alpha value is -2.79. The van der Waals surface area contributed by atoms with E-state index >= 15 is 0 Å². The van der Waals surface area contributed by atoms with E-state index in [4.69, 9.17) is 0 Å². The van der Waals surface area contributed by atoms with Crippen LogP contribution in [0.5, 0.6) is 0 Å². The lowest BCUT2D eigenvalue weighted by molar-refractivity contribution is -0.115. The van der Waals surface area contributed by atoms with Gasteiger partial charge in [-0.15, -0.1) is 11.8 Å². The summed E-state index contributed by atoms with van der Waals surface area (Å²) in [7, 11) is 1.76. The zero-order valence-electron chi connectivity index (χ0n) is 15.4. The van der Waals surface area contributed by atoms with Crippen molar-refractivity contribution in [1.82, 2.24) is 0 Å². The van der Waals surface area contributed by atoms with Gasteiger partial charge in [-0.25, -0.2) is 0 Å². The van der Waals surface area contributed by atoms with Crippen LogP contribution < -0.4 is 10.2 Å². The van der Waals surface area contributed by atoms with Gasteiger partial charge in [0.05, 0.1) is 11.5 Å². The largest absolute Gasteiger partial charge is 0.325 e. The van der Waals surface area contributed by atoms with Crippen LogP contribution in [0.3, 0.4) is 0 Å². The van der Waals surface area contributed by atoms with Gasteiger partial charge < -0.3 is 10.2 Å². The van der Waals surface area contributed by atoms with E-state index in [0.29, 0.717) is 0 Å². The molecule has 3 aromatic carbocycles. The van der Waals surface area contributed by atoms with E-state index < -0.39 is 0 Å². The highest BCUT2D eigenvalue weighted by Crippen LogP contribution is 2.22. The molecule has 2 amide bonds. The van der Waals surface area contributed by atoms with Gasteiger partial charge in [0, 0.05) is 18.4 Å². The average molecular weight is 378 g/mol. The minimum Gasteiger partial charge on any atom is -0.325 e. The van der Waals surface area contributed by atoms with Crippen molar-refractivity contribution in [3.8, 4) is 0 Å². The van der Waals surface area contributed by atoms with Gasteiger partial charge in [-0.1, -0.05) is 48.0 Å². The Morgan fingerprint density at radius 2 is 1.63 bits per heavy atom. The summed E-state index contributed by atoms with van der Waals surface area (Å²) in [5.41, 5.74) is 2.76. The molecule has 3 rings (SSSR count). The number of carbonyl (C=O) groups excluding carboxylic acids is 2. The molecule has 4 nitrogen and oxygen atoms in total. The predicted octanol–water partition coefficient (Wildman–Crippen LogP) is 4.48. The predicted molar refractivity (Wildman–Crippen MR) is 114 cm³/mol. The number of hydrogen-bond donors (Lipinski definition) is 1. The van der Waals surface area contributed by atoms with Crippen LogP contribution in [0.15, 0.2) is 66.7 Å². The Kier molecular flexibility index (Phi) is 6.14. The topological polar surface area (TPSA) is 49.4 Å². The van der Waals surface area contributed by atoms with E-state index in [9.17, 15) is 9.59 Å². The fraction of sp³-hybridized carbons (Fsp3) is 0.182. The van der Waals surface area contributed by atoms with Crippen LogP contribution in [0.4, 0.5) is 11.4 Å². The van der Waals surface area contributed by atoms with Crippen molar-refractivity contribution in [2.75, 3.05) is 28.8 Å². The molecule has 0 spiro atoms. The maximum atomic E-state index is 12.4. The lowest BCUT2D eigenvalue weighted by Crippen LogP contribution is -2.28. The van der Waals surface area contributed by atoms with Crippen LogP contribution in [-0.4, -0.2) is 30.4 Å². The minimum absolute atomic E-state index is 0.0292. The summed E-state index contributed by atoms with van der Waals surface area (Å²) in [6.07, 6.45) is 0. The molecule has 0 fully saturated rings. The van der Waals surface area contributed by atoms with Gasteiger partial charge in [-0.3, -0.25) is 9.59 Å². The third kappa shape index (κ3) is 5.11. The Labute approximate surface area is 163 Å². The number of fused-ring (bicyclic) bond motifs is 1. The van der Waals surface area contributed by atoms with Gasteiger partial charge >= 0.3 is 0 Å². The highest BCUT2D eigenvalue weighted by Gasteiger charge is 2.12. The van der Waals surface area contributed by atoms with E-state index in [2.05, 4.69) is 5.32 Å². The quantitative estimate of drug-likeness (QED) is 0.688. The van der Waals surface area contributed by atoms with Gasteiger partial charge in [-0.2, -0.15) is 0 Å². The van der Waals surface area contributed by atoms with E-state index in [1.807, 2.05) is 73.7 Å². The third-order valence-corrected chi connectivity index (χ3v) is 5.21. The molecule has 1 N–H and O–H groups in total. The molecule has 0 bridgehead atoms. The van der Waals surface area contributed by atoms with Gasteiger partial charge in [0.1, 0.15) is 0 Å². The number of aryl methyl sites for hydroxylation is 1. The summed E-state index contributed by atoms with van der Waals surface area (Å²) in [5, 5.41) is 5.08. The number of hydrogen-bond acceptors (Lipinski definition) is 3. The number of benzene rings is 3. The second-order valence-corrected chi connectivity index (χ2v) is 7.38. The highest BCUT2D eigenvalue weighted by molar-refractivity contribution is 8.00. The van der Waals surface area contributed by atoms with Crippen LogP contribution in [0, 0.1) is 6.92 Å². The standard InChI is InChI=1S/C22H22N2O2S/c1-16-7-10-19(11-8-16)23-21(25)14-27-15-22(26)24(2)20-12-9-17-5-3-4-6-18(17)13-20/h3-13H,14-15H2,1-2H3,(H,23,25). The smallest absolute Gasteiger partial charge is 0.236 e. The number of thioether (sulfide) groups is 1. The number of carbonyl (C=O) groups is 2. The molecule has 0 atom stereocenters. The van der Waals surface area contributed by atoms with E-state index in [0.717, 1.165) is 27.7 Å². The fourth-order valence-corrected chi connectivity index (χ4v) is 3.42. The van der Waals surface area contributed by atoms with Crippen LogP contribution in [-0.2, 0) is 9.59 Å². The van der Waals surface area contributed by atoms with Gasteiger partial charge in [0.25, 0.3) is 0 Å². The van der Waals surface area contributed by atoms with E-state index in [1.165, 1.54) is 11.8 Å². The molecule has 0 aromatic heterocycles. The van der Waals surface area contributed by atoms with E-state index in [1.54, 1.807) is 11.9 Å². The van der Waals surface area contributed by atoms with Crippen LogP contribution in [0.1, 0.15) is 5.56 Å². The van der Waals surface area contributed by atoms with Crippen LogP contribution in [0.2, 0.25) is 0 Å². The number of nitrogens with one attached hydrogen (secondary N) is 1. The van der Waals surface area contributed by atoms with Crippen molar-refractivity contribution in [3.05, 3.63) is 72.3 Å². The fourth-order valence-electron chi connectivity index (χ4n) is 2.69. The zero-order chi connectivity index (χ0) is 19.2. The molecule has 3 aromatic rings. The van der Waals surface area contributed by atoms with Crippen molar-refractivity contribution < 1.29 is 9.59 Å². The van der Waals surface area contributed by atoms with Crippen molar-refractivity contribution in [2.45, 2.75) is 6.92 Å². The third-order valence-electron chi connectivity index (χ3n) is 4.29. The minimum atomic E-state index is -0.106. The maximum Gasteiger partial charge on any atom is 0.236 e. The Morgan fingerprint density at radius 3 is 2.37 bits per heavy atom. The SMILES string of the molecule is Cc1ccc(NC(=O)CSCC(=O)N(C)c2ccc3ccccc3c2)cc1. The lowest BCUT2D eigenvalue weighted by Gasteiger charge is -2.17. The first-order chi connectivity index (χ1) is 13.0. The number of anilines is 2. The normalized spacial score (nSPS) is 10.6. The average Bonchev–Trinajstić information content (AvgIpc) is 2.68. The molecule has 0 heterocycles. The maximum absolute atomic E-state index is 12.4. The lowest BCUT2D eigenvalue weighted by atomic mass is 10.1. The zero-order valence-corrected chi connectivity index (χ0v) is 16.3. The summed E-state index contributed by atoms with van der Waals surface area (Å²) in [6, 6.07) is 21.6. The molecule has 0 aliphatic carbocycles. The monoisotopic (exact) mass is 378 g/mol. The van der Waals surface area contributed by atoms with Crippen LogP contribution in [0.25, 0.3) is 10.8 Å². The number of nitrogens with zero attached hydrogens (tertiary/aromatic N) is 1. The van der Waals surface area contributed by atoms with Crippen molar-refractivity contribution in [1.29, 1.82) is 0 Å². The van der Waals surface area contributed by atoms with Crippen molar-refractivity contribution >= 4 is 45.7 Å². The van der Waals surface area contributed by atoms with Gasteiger partial charge in [0.15, 0.2) is 0 Å². The Morgan fingerprint density at radius 1 is 0.926 bits per heavy atom. The molecule has 0 saturated heterocycles. The molecule has 0 radical (unpaired) electrons. The molecule has 5 heteroatoms. The van der Waals surface area contributed by atoms with Gasteiger partial charge in [-0.05, 0) is 42.0 Å². The molecule has 0 aliphatic rings. The highest BCUT2D eigenvalue weighted by atomic mass is 32.2. The molecule has 0 saturated carbocycles. The summed E-state index contributed by atoms with van der Waals surface area (Å²) in [4.78, 5) is 26.1. The Balaban J connectivity index is 1.50. The summed E-state index contributed by atoms with van der Waals surface area (Å²) < 4.78 is 0. The molecule has 0 aliphatic heterocycles. The second kappa shape index (κ2) is 8.73. The number of rotatable bonds is 6. The number of amides is 2. The van der Waals surface area contributed by atoms with Crippen molar-refractivity contribution in [3.63, 3.8) is 0 Å².